The minimum Gasteiger partial charge on any atom is -0.328 e. The fraction of sp³-hybridized carbons (Fsp3) is 1.00. The molecule has 1 heteroatoms. The zero-order valence-corrected chi connectivity index (χ0v) is 9.35. The molecular formula is C11H25N. The summed E-state index contributed by atoms with van der Waals surface area (Å²) < 4.78 is 0. The van der Waals surface area contributed by atoms with Crippen LogP contribution in [-0.2, 0) is 0 Å². The maximum Gasteiger partial charge on any atom is 0.00441 e. The van der Waals surface area contributed by atoms with Gasteiger partial charge in [-0.25, -0.2) is 0 Å². The van der Waals surface area contributed by atoms with Crippen LogP contribution in [0.25, 0.3) is 0 Å². The lowest BCUT2D eigenvalue weighted by Gasteiger charge is -2.14. The SMILES string of the molecule is CC(C)C.CC1(C)CCC(N)C1. The van der Waals surface area contributed by atoms with Crippen molar-refractivity contribution in [2.75, 3.05) is 0 Å². The van der Waals surface area contributed by atoms with E-state index in [-0.39, 0.29) is 0 Å². The Morgan fingerprint density at radius 1 is 1.25 bits per heavy atom. The van der Waals surface area contributed by atoms with Gasteiger partial charge in [0.2, 0.25) is 0 Å². The molecule has 0 aliphatic heterocycles. The van der Waals surface area contributed by atoms with Crippen molar-refractivity contribution in [3.8, 4) is 0 Å². The first-order chi connectivity index (χ1) is 5.33. The van der Waals surface area contributed by atoms with Crippen LogP contribution in [0.1, 0.15) is 53.9 Å². The second-order valence-corrected chi connectivity index (χ2v) is 5.40. The van der Waals surface area contributed by atoms with Gasteiger partial charge in [0.1, 0.15) is 0 Å². The highest BCUT2D eigenvalue weighted by molar-refractivity contribution is 4.83. The highest BCUT2D eigenvalue weighted by Crippen LogP contribution is 2.35. The highest BCUT2D eigenvalue weighted by Gasteiger charge is 2.27. The predicted octanol–water partition coefficient (Wildman–Crippen LogP) is 3.19. The summed E-state index contributed by atoms with van der Waals surface area (Å²) in [6.45, 7) is 11.1. The molecule has 0 bridgehead atoms. The smallest absolute Gasteiger partial charge is 0.00441 e. The molecule has 1 aliphatic carbocycles. The molecule has 0 aromatic rings. The Morgan fingerprint density at radius 3 is 1.75 bits per heavy atom. The van der Waals surface area contributed by atoms with Crippen LogP contribution in [0.2, 0.25) is 0 Å². The summed E-state index contributed by atoms with van der Waals surface area (Å²) in [5, 5.41) is 0. The maximum absolute atomic E-state index is 5.71. The van der Waals surface area contributed by atoms with Crippen molar-refractivity contribution in [3.63, 3.8) is 0 Å². The summed E-state index contributed by atoms with van der Waals surface area (Å²) >= 11 is 0. The Balaban J connectivity index is 0.000000261. The van der Waals surface area contributed by atoms with Crippen LogP contribution in [0.3, 0.4) is 0 Å². The third-order valence-corrected chi connectivity index (χ3v) is 2.01. The first-order valence-corrected chi connectivity index (χ1v) is 5.09. The fourth-order valence-corrected chi connectivity index (χ4v) is 1.49. The molecule has 1 atom stereocenters. The first kappa shape index (κ1) is 12.0. The summed E-state index contributed by atoms with van der Waals surface area (Å²) in [5.74, 6) is 0.833. The van der Waals surface area contributed by atoms with Gasteiger partial charge in [0, 0.05) is 6.04 Å². The molecule has 1 unspecified atom stereocenters. The summed E-state index contributed by atoms with van der Waals surface area (Å²) in [6.07, 6.45) is 3.76. The van der Waals surface area contributed by atoms with Gasteiger partial charge in [-0.1, -0.05) is 34.6 Å². The van der Waals surface area contributed by atoms with E-state index < -0.39 is 0 Å². The van der Waals surface area contributed by atoms with E-state index in [4.69, 9.17) is 5.73 Å². The van der Waals surface area contributed by atoms with E-state index >= 15 is 0 Å². The van der Waals surface area contributed by atoms with Crippen molar-refractivity contribution in [1.29, 1.82) is 0 Å². The molecule has 1 fully saturated rings. The Hall–Kier alpha value is -0.0400. The predicted molar refractivity (Wildman–Crippen MR) is 56.1 cm³/mol. The van der Waals surface area contributed by atoms with Crippen LogP contribution in [0.15, 0.2) is 0 Å². The molecule has 1 saturated carbocycles. The van der Waals surface area contributed by atoms with Crippen LogP contribution in [0.4, 0.5) is 0 Å². The van der Waals surface area contributed by atoms with E-state index in [9.17, 15) is 0 Å². The Kier molecular flexibility index (Phi) is 4.84. The van der Waals surface area contributed by atoms with Crippen molar-refractivity contribution < 1.29 is 0 Å². The van der Waals surface area contributed by atoms with Crippen LogP contribution in [0, 0.1) is 11.3 Å². The fourth-order valence-electron chi connectivity index (χ4n) is 1.49. The molecule has 0 radical (unpaired) electrons. The van der Waals surface area contributed by atoms with Crippen molar-refractivity contribution in [2.45, 2.75) is 59.9 Å². The molecule has 1 nitrogen and oxygen atoms in total. The molecule has 0 saturated heterocycles. The van der Waals surface area contributed by atoms with Gasteiger partial charge in [0.15, 0.2) is 0 Å². The Morgan fingerprint density at radius 2 is 1.67 bits per heavy atom. The third kappa shape index (κ3) is 6.66. The summed E-state index contributed by atoms with van der Waals surface area (Å²) in [5.41, 5.74) is 6.25. The number of nitrogens with two attached hydrogens (primary N) is 1. The van der Waals surface area contributed by atoms with E-state index in [1.54, 1.807) is 0 Å². The molecule has 12 heavy (non-hydrogen) atoms. The zero-order chi connectivity index (χ0) is 9.78. The van der Waals surface area contributed by atoms with Gasteiger partial charge in [-0.05, 0) is 30.6 Å². The van der Waals surface area contributed by atoms with Crippen molar-refractivity contribution in [2.24, 2.45) is 17.1 Å². The van der Waals surface area contributed by atoms with E-state index in [2.05, 4.69) is 34.6 Å². The van der Waals surface area contributed by atoms with Gasteiger partial charge in [0.25, 0.3) is 0 Å². The highest BCUT2D eigenvalue weighted by atomic mass is 14.7. The molecule has 0 aromatic heterocycles. The van der Waals surface area contributed by atoms with Crippen molar-refractivity contribution in [3.05, 3.63) is 0 Å². The van der Waals surface area contributed by atoms with Crippen LogP contribution in [-0.4, -0.2) is 6.04 Å². The molecule has 74 valence electrons. The standard InChI is InChI=1S/C7H15N.C4H10/c1-7(2)4-3-6(8)5-7;1-4(2)3/h6H,3-5,8H2,1-2H3;4H,1-3H3. The quantitative estimate of drug-likeness (QED) is 0.595. The van der Waals surface area contributed by atoms with Crippen molar-refractivity contribution in [1.82, 2.24) is 0 Å². The minimum atomic E-state index is 0.491. The average molecular weight is 171 g/mol. The normalized spacial score (nSPS) is 26.8. The number of hydrogen-bond donors (Lipinski definition) is 1. The van der Waals surface area contributed by atoms with Gasteiger partial charge in [-0.3, -0.25) is 0 Å². The minimum absolute atomic E-state index is 0.491. The lowest BCUT2D eigenvalue weighted by molar-refractivity contribution is 0.376. The average Bonchev–Trinajstić information content (AvgIpc) is 2.07. The molecular weight excluding hydrogens is 146 g/mol. The monoisotopic (exact) mass is 171 g/mol. The van der Waals surface area contributed by atoms with Crippen LogP contribution >= 0.6 is 0 Å². The second-order valence-electron chi connectivity index (χ2n) is 5.40. The molecule has 0 heterocycles. The van der Waals surface area contributed by atoms with Crippen LogP contribution in [0.5, 0.6) is 0 Å². The Labute approximate surface area is 77.7 Å². The maximum atomic E-state index is 5.71. The lowest BCUT2D eigenvalue weighted by atomic mass is 9.92. The molecule has 1 aliphatic rings. The van der Waals surface area contributed by atoms with Gasteiger partial charge in [0.05, 0.1) is 0 Å². The second kappa shape index (κ2) is 4.86. The van der Waals surface area contributed by atoms with E-state index in [1.165, 1.54) is 19.3 Å². The molecule has 2 N–H and O–H groups in total. The van der Waals surface area contributed by atoms with Gasteiger partial charge in [-0.15, -0.1) is 0 Å². The summed E-state index contributed by atoms with van der Waals surface area (Å²) in [4.78, 5) is 0. The van der Waals surface area contributed by atoms with E-state index in [0.29, 0.717) is 11.5 Å². The molecule has 0 amide bonds. The first-order valence-electron chi connectivity index (χ1n) is 5.09. The van der Waals surface area contributed by atoms with E-state index in [1.807, 2.05) is 0 Å². The third-order valence-electron chi connectivity index (χ3n) is 2.01. The van der Waals surface area contributed by atoms with Gasteiger partial charge < -0.3 is 5.73 Å². The molecule has 0 aromatic carbocycles. The van der Waals surface area contributed by atoms with Crippen molar-refractivity contribution >= 4 is 0 Å². The van der Waals surface area contributed by atoms with E-state index in [0.717, 1.165) is 5.92 Å². The zero-order valence-electron chi connectivity index (χ0n) is 9.35. The lowest BCUT2D eigenvalue weighted by Crippen LogP contribution is -2.16. The summed E-state index contributed by atoms with van der Waals surface area (Å²) in [7, 11) is 0. The number of rotatable bonds is 0. The molecule has 1 rings (SSSR count). The largest absolute Gasteiger partial charge is 0.328 e. The van der Waals surface area contributed by atoms with Gasteiger partial charge >= 0.3 is 0 Å². The topological polar surface area (TPSA) is 26.0 Å². The van der Waals surface area contributed by atoms with Crippen LogP contribution < -0.4 is 5.73 Å². The Bertz CT molecular complexity index is 113. The summed E-state index contributed by atoms with van der Waals surface area (Å²) in [6, 6.07) is 0.491. The van der Waals surface area contributed by atoms with Gasteiger partial charge in [-0.2, -0.15) is 0 Å². The molecule has 0 spiro atoms. The number of hydrogen-bond acceptors (Lipinski definition) is 1.